The molecule has 2 N–H and O–H groups in total. The van der Waals surface area contributed by atoms with Crippen molar-refractivity contribution in [1.29, 1.82) is 0 Å². The van der Waals surface area contributed by atoms with Crippen molar-refractivity contribution >= 4 is 17.3 Å². The molecule has 2 heterocycles. The summed E-state index contributed by atoms with van der Waals surface area (Å²) in [5, 5.41) is 18.1. The first-order valence-corrected chi connectivity index (χ1v) is 9.25. The first kappa shape index (κ1) is 19.3. The molecule has 9 heteroatoms. The average molecular weight is 366 g/mol. The SMILES string of the molecule is COCCCNC(=NCc1nnc(C)n1C)NCCc1csc(C)n1. The molecule has 0 amide bonds. The van der Waals surface area contributed by atoms with Gasteiger partial charge in [0, 0.05) is 45.7 Å². The Hall–Kier alpha value is -2.00. The molecule has 0 aliphatic heterocycles. The van der Waals surface area contributed by atoms with Gasteiger partial charge in [-0.2, -0.15) is 0 Å². The summed E-state index contributed by atoms with van der Waals surface area (Å²) in [6.07, 6.45) is 1.79. The third kappa shape index (κ3) is 6.43. The number of ether oxygens (including phenoxy) is 1. The zero-order valence-corrected chi connectivity index (χ0v) is 16.2. The smallest absolute Gasteiger partial charge is 0.191 e. The number of hydrogen-bond donors (Lipinski definition) is 2. The molecule has 2 rings (SSSR count). The summed E-state index contributed by atoms with van der Waals surface area (Å²) in [6, 6.07) is 0. The van der Waals surface area contributed by atoms with E-state index < -0.39 is 0 Å². The summed E-state index contributed by atoms with van der Waals surface area (Å²) in [5.74, 6) is 2.49. The largest absolute Gasteiger partial charge is 0.385 e. The molecule has 0 radical (unpaired) electrons. The highest BCUT2D eigenvalue weighted by molar-refractivity contribution is 7.09. The molecular weight excluding hydrogens is 338 g/mol. The lowest BCUT2D eigenvalue weighted by Gasteiger charge is -2.12. The topological polar surface area (TPSA) is 89.2 Å². The number of aliphatic imine (C=N–C) groups is 1. The normalized spacial score (nSPS) is 11.8. The maximum atomic E-state index is 5.08. The van der Waals surface area contributed by atoms with E-state index in [2.05, 4.69) is 36.2 Å². The quantitative estimate of drug-likeness (QED) is 0.394. The first-order chi connectivity index (χ1) is 12.1. The van der Waals surface area contributed by atoms with E-state index in [4.69, 9.17) is 4.74 Å². The Bertz CT molecular complexity index is 680. The number of hydrogen-bond acceptors (Lipinski definition) is 6. The van der Waals surface area contributed by atoms with Gasteiger partial charge in [0.15, 0.2) is 11.8 Å². The molecule has 0 aliphatic carbocycles. The van der Waals surface area contributed by atoms with Crippen molar-refractivity contribution in [2.75, 3.05) is 26.8 Å². The third-order valence-corrected chi connectivity index (χ3v) is 4.54. The van der Waals surface area contributed by atoms with E-state index in [1.54, 1.807) is 18.4 Å². The molecule has 0 saturated carbocycles. The van der Waals surface area contributed by atoms with Gasteiger partial charge in [-0.25, -0.2) is 9.98 Å². The lowest BCUT2D eigenvalue weighted by molar-refractivity contribution is 0.195. The van der Waals surface area contributed by atoms with Gasteiger partial charge >= 0.3 is 0 Å². The predicted octanol–water partition coefficient (Wildman–Crippen LogP) is 1.20. The molecule has 0 aliphatic rings. The summed E-state index contributed by atoms with van der Waals surface area (Å²) >= 11 is 1.68. The Labute approximate surface area is 152 Å². The lowest BCUT2D eigenvalue weighted by atomic mass is 10.3. The Morgan fingerprint density at radius 2 is 2.08 bits per heavy atom. The summed E-state index contributed by atoms with van der Waals surface area (Å²) in [6.45, 7) is 6.73. The summed E-state index contributed by atoms with van der Waals surface area (Å²) < 4.78 is 7.03. The first-order valence-electron chi connectivity index (χ1n) is 8.37. The fourth-order valence-electron chi connectivity index (χ4n) is 2.17. The standard InChI is InChI=1S/C16H27N7OS/c1-12-21-22-15(23(12)3)10-19-16(17-7-5-9-24-4)18-8-6-14-11-25-13(2)20-14/h11H,5-10H2,1-4H3,(H2,17,18,19). The molecule has 0 aromatic carbocycles. The van der Waals surface area contributed by atoms with Crippen molar-refractivity contribution in [1.82, 2.24) is 30.4 Å². The highest BCUT2D eigenvalue weighted by Crippen LogP contribution is 2.07. The summed E-state index contributed by atoms with van der Waals surface area (Å²) in [7, 11) is 3.66. The maximum absolute atomic E-state index is 5.08. The number of methoxy groups -OCH3 is 1. The molecule has 138 valence electrons. The number of aromatic nitrogens is 4. The van der Waals surface area contributed by atoms with E-state index in [0.29, 0.717) is 6.54 Å². The molecule has 25 heavy (non-hydrogen) atoms. The molecule has 0 fully saturated rings. The molecule has 0 atom stereocenters. The van der Waals surface area contributed by atoms with Crippen LogP contribution >= 0.6 is 11.3 Å². The van der Waals surface area contributed by atoms with Crippen LogP contribution in [-0.4, -0.2) is 52.5 Å². The minimum Gasteiger partial charge on any atom is -0.385 e. The van der Waals surface area contributed by atoms with Gasteiger partial charge in [0.05, 0.1) is 10.7 Å². The minimum absolute atomic E-state index is 0.479. The second kappa shape index (κ2) is 10.1. The number of nitrogens with zero attached hydrogens (tertiary/aromatic N) is 5. The van der Waals surface area contributed by atoms with Crippen molar-refractivity contribution in [3.05, 3.63) is 27.7 Å². The Morgan fingerprint density at radius 1 is 1.28 bits per heavy atom. The Kier molecular flexibility index (Phi) is 7.80. The molecule has 0 bridgehead atoms. The number of nitrogens with one attached hydrogen (secondary N) is 2. The van der Waals surface area contributed by atoms with Gasteiger partial charge in [-0.1, -0.05) is 0 Å². The fraction of sp³-hybridized carbons (Fsp3) is 0.625. The second-order valence-electron chi connectivity index (χ2n) is 5.70. The van der Waals surface area contributed by atoms with Crippen molar-refractivity contribution in [3.8, 4) is 0 Å². The van der Waals surface area contributed by atoms with Crippen molar-refractivity contribution < 1.29 is 4.74 Å². The average Bonchev–Trinajstić information content (AvgIpc) is 3.15. The molecular formula is C16H27N7OS. The van der Waals surface area contributed by atoms with Crippen LogP contribution in [0.5, 0.6) is 0 Å². The molecule has 0 spiro atoms. The van der Waals surface area contributed by atoms with Crippen LogP contribution in [0.1, 0.15) is 28.8 Å². The van der Waals surface area contributed by atoms with Crippen LogP contribution in [0.25, 0.3) is 0 Å². The van der Waals surface area contributed by atoms with Crippen molar-refractivity contribution in [2.24, 2.45) is 12.0 Å². The molecule has 8 nitrogen and oxygen atoms in total. The molecule has 2 aromatic heterocycles. The molecule has 2 aromatic rings. The highest BCUT2D eigenvalue weighted by atomic mass is 32.1. The van der Waals surface area contributed by atoms with Crippen LogP contribution in [0, 0.1) is 13.8 Å². The van der Waals surface area contributed by atoms with Gasteiger partial charge in [0.2, 0.25) is 0 Å². The van der Waals surface area contributed by atoms with Crippen LogP contribution in [0.4, 0.5) is 0 Å². The van der Waals surface area contributed by atoms with Gasteiger partial charge in [0.1, 0.15) is 12.4 Å². The van der Waals surface area contributed by atoms with E-state index in [1.165, 1.54) is 0 Å². The third-order valence-electron chi connectivity index (χ3n) is 3.72. The lowest BCUT2D eigenvalue weighted by Crippen LogP contribution is -2.39. The zero-order chi connectivity index (χ0) is 18.1. The zero-order valence-electron chi connectivity index (χ0n) is 15.4. The number of aryl methyl sites for hydroxylation is 2. The van der Waals surface area contributed by atoms with E-state index in [0.717, 1.165) is 60.8 Å². The maximum Gasteiger partial charge on any atom is 0.191 e. The van der Waals surface area contributed by atoms with E-state index in [9.17, 15) is 0 Å². The second-order valence-corrected chi connectivity index (χ2v) is 6.76. The Balaban J connectivity index is 1.88. The van der Waals surface area contributed by atoms with Gasteiger partial charge in [-0.15, -0.1) is 21.5 Å². The fourth-order valence-corrected chi connectivity index (χ4v) is 2.82. The van der Waals surface area contributed by atoms with Gasteiger partial charge < -0.3 is 19.9 Å². The number of rotatable bonds is 9. The van der Waals surface area contributed by atoms with E-state index in [-0.39, 0.29) is 0 Å². The van der Waals surface area contributed by atoms with Gasteiger partial charge in [-0.3, -0.25) is 0 Å². The summed E-state index contributed by atoms with van der Waals surface area (Å²) in [5.41, 5.74) is 1.11. The number of thiazole rings is 1. The summed E-state index contributed by atoms with van der Waals surface area (Å²) in [4.78, 5) is 9.10. The van der Waals surface area contributed by atoms with Crippen LogP contribution in [0.2, 0.25) is 0 Å². The van der Waals surface area contributed by atoms with Crippen LogP contribution in [0.15, 0.2) is 10.4 Å². The Morgan fingerprint density at radius 3 is 2.72 bits per heavy atom. The van der Waals surface area contributed by atoms with Crippen molar-refractivity contribution in [2.45, 2.75) is 33.2 Å². The van der Waals surface area contributed by atoms with Gasteiger partial charge in [0.25, 0.3) is 0 Å². The van der Waals surface area contributed by atoms with Crippen LogP contribution in [0.3, 0.4) is 0 Å². The minimum atomic E-state index is 0.479. The molecule has 0 unspecified atom stereocenters. The van der Waals surface area contributed by atoms with E-state index >= 15 is 0 Å². The van der Waals surface area contributed by atoms with E-state index in [1.807, 2.05) is 25.5 Å². The van der Waals surface area contributed by atoms with Gasteiger partial charge in [-0.05, 0) is 20.3 Å². The monoisotopic (exact) mass is 365 g/mol. The predicted molar refractivity (Wildman–Crippen MR) is 99.9 cm³/mol. The van der Waals surface area contributed by atoms with Crippen LogP contribution < -0.4 is 10.6 Å². The van der Waals surface area contributed by atoms with Crippen LogP contribution in [-0.2, 0) is 24.8 Å². The highest BCUT2D eigenvalue weighted by Gasteiger charge is 2.05. The number of guanidine groups is 1. The van der Waals surface area contributed by atoms with Crippen molar-refractivity contribution in [3.63, 3.8) is 0 Å². The molecule has 0 saturated heterocycles.